The third-order valence-corrected chi connectivity index (χ3v) is 1.93. The van der Waals surface area contributed by atoms with Gasteiger partial charge in [0.1, 0.15) is 0 Å². The first kappa shape index (κ1) is 10.3. The largest absolute Gasteiger partial charge is 0.388 e. The summed E-state index contributed by atoms with van der Waals surface area (Å²) in [6, 6.07) is 7.39. The summed E-state index contributed by atoms with van der Waals surface area (Å²) in [5, 5.41) is 2.97. The number of rotatable bonds is 3. The molecule has 0 aliphatic rings. The van der Waals surface area contributed by atoms with Gasteiger partial charge in [-0.1, -0.05) is 24.8 Å². The average Bonchev–Trinajstić information content (AvgIpc) is 2.26. The molecule has 0 fully saturated rings. The van der Waals surface area contributed by atoms with Crippen LogP contribution in [0.15, 0.2) is 30.8 Å². The van der Waals surface area contributed by atoms with Crippen LogP contribution in [0.5, 0.6) is 0 Å². The molecule has 0 heterocycles. The fourth-order valence-electron chi connectivity index (χ4n) is 1.17. The number of para-hydroxylation sites is 1. The molecule has 0 unspecified atom stereocenters. The normalized spacial score (nSPS) is 9.29. The van der Waals surface area contributed by atoms with Crippen molar-refractivity contribution in [3.8, 4) is 0 Å². The molecule has 0 radical (unpaired) electrons. The third-order valence-electron chi connectivity index (χ3n) is 1.93. The average molecular weight is 191 g/mol. The molecule has 0 bridgehead atoms. The number of anilines is 1. The molecule has 1 aromatic carbocycles. The van der Waals surface area contributed by atoms with Crippen molar-refractivity contribution in [3.63, 3.8) is 0 Å². The molecule has 0 saturated heterocycles. The number of hydrogen-bond donors (Lipinski definition) is 3. The number of benzene rings is 1. The Labute approximate surface area is 82.8 Å². The molecule has 4 N–H and O–H groups in total. The Balaban J connectivity index is 3.06. The Morgan fingerprint density at radius 3 is 2.64 bits per heavy atom. The first-order valence-corrected chi connectivity index (χ1v) is 4.17. The fourth-order valence-corrected chi connectivity index (χ4v) is 1.17. The van der Waals surface area contributed by atoms with Crippen molar-refractivity contribution in [2.75, 3.05) is 12.4 Å². The van der Waals surface area contributed by atoms with Gasteiger partial charge in [0.25, 0.3) is 5.91 Å². The lowest BCUT2D eigenvalue weighted by Gasteiger charge is -2.09. The van der Waals surface area contributed by atoms with E-state index in [0.717, 1.165) is 11.3 Å². The summed E-state index contributed by atoms with van der Waals surface area (Å²) in [7, 11) is 1.78. The standard InChI is InChI=1S/C10H13N3O/c1-7(10(14)13-11)8-5-3-4-6-9(8)12-2/h3-6,12H,1,11H2,2H3,(H,13,14). The van der Waals surface area contributed by atoms with Crippen molar-refractivity contribution in [2.45, 2.75) is 0 Å². The summed E-state index contributed by atoms with van der Waals surface area (Å²) in [5.74, 6) is 4.64. The zero-order valence-electron chi connectivity index (χ0n) is 8.00. The molecule has 0 aliphatic carbocycles. The van der Waals surface area contributed by atoms with Crippen LogP contribution in [0.3, 0.4) is 0 Å². The van der Waals surface area contributed by atoms with Crippen LogP contribution < -0.4 is 16.6 Å². The lowest BCUT2D eigenvalue weighted by molar-refractivity contribution is -0.115. The second kappa shape index (κ2) is 4.43. The smallest absolute Gasteiger partial charge is 0.265 e. The maximum Gasteiger partial charge on any atom is 0.265 e. The predicted octanol–water partition coefficient (Wildman–Crippen LogP) is 0.731. The van der Waals surface area contributed by atoms with Crippen molar-refractivity contribution >= 4 is 17.2 Å². The zero-order valence-corrected chi connectivity index (χ0v) is 8.00. The van der Waals surface area contributed by atoms with E-state index in [1.165, 1.54) is 0 Å². The van der Waals surface area contributed by atoms with Gasteiger partial charge >= 0.3 is 0 Å². The van der Waals surface area contributed by atoms with Crippen molar-refractivity contribution in [3.05, 3.63) is 36.4 Å². The SMILES string of the molecule is C=C(C(=O)NN)c1ccccc1NC. The molecule has 0 spiro atoms. The third kappa shape index (κ3) is 1.92. The van der Waals surface area contributed by atoms with Crippen molar-refractivity contribution in [2.24, 2.45) is 5.84 Å². The summed E-state index contributed by atoms with van der Waals surface area (Å²) >= 11 is 0. The van der Waals surface area contributed by atoms with E-state index in [1.54, 1.807) is 7.05 Å². The number of amides is 1. The zero-order chi connectivity index (χ0) is 10.6. The van der Waals surface area contributed by atoms with E-state index in [9.17, 15) is 4.79 Å². The van der Waals surface area contributed by atoms with Crippen LogP contribution in [0.1, 0.15) is 5.56 Å². The molecular weight excluding hydrogens is 178 g/mol. The van der Waals surface area contributed by atoms with Gasteiger partial charge in [0.15, 0.2) is 0 Å². The van der Waals surface area contributed by atoms with Gasteiger partial charge < -0.3 is 5.32 Å². The minimum absolute atomic E-state index is 0.345. The van der Waals surface area contributed by atoms with E-state index in [0.29, 0.717) is 5.57 Å². The minimum atomic E-state index is -0.382. The van der Waals surface area contributed by atoms with Crippen molar-refractivity contribution < 1.29 is 4.79 Å². The quantitative estimate of drug-likeness (QED) is 0.285. The molecule has 0 atom stereocenters. The molecule has 0 saturated carbocycles. The van der Waals surface area contributed by atoms with Gasteiger partial charge in [-0.3, -0.25) is 10.2 Å². The van der Waals surface area contributed by atoms with E-state index in [1.807, 2.05) is 29.7 Å². The van der Waals surface area contributed by atoms with Crippen LogP contribution in [-0.2, 0) is 4.79 Å². The molecule has 1 aromatic rings. The van der Waals surface area contributed by atoms with Gasteiger partial charge in [0, 0.05) is 23.9 Å². The molecule has 4 nitrogen and oxygen atoms in total. The minimum Gasteiger partial charge on any atom is -0.388 e. The Hall–Kier alpha value is -1.81. The highest BCUT2D eigenvalue weighted by molar-refractivity contribution is 6.19. The highest BCUT2D eigenvalue weighted by Crippen LogP contribution is 2.21. The van der Waals surface area contributed by atoms with E-state index in [2.05, 4.69) is 11.9 Å². The lowest BCUT2D eigenvalue weighted by atomic mass is 10.1. The topological polar surface area (TPSA) is 67.2 Å². The van der Waals surface area contributed by atoms with E-state index >= 15 is 0 Å². The van der Waals surface area contributed by atoms with Gasteiger partial charge in [-0.05, 0) is 6.07 Å². The molecule has 0 aromatic heterocycles. The maximum atomic E-state index is 11.2. The summed E-state index contributed by atoms with van der Waals surface area (Å²) in [5.41, 5.74) is 3.99. The highest BCUT2D eigenvalue weighted by atomic mass is 16.2. The van der Waals surface area contributed by atoms with Gasteiger partial charge in [-0.25, -0.2) is 5.84 Å². The van der Waals surface area contributed by atoms with Crippen LogP contribution in [-0.4, -0.2) is 13.0 Å². The molecule has 4 heteroatoms. The van der Waals surface area contributed by atoms with E-state index in [4.69, 9.17) is 5.84 Å². The van der Waals surface area contributed by atoms with Gasteiger partial charge in [0.2, 0.25) is 0 Å². The molecule has 74 valence electrons. The molecule has 14 heavy (non-hydrogen) atoms. The Kier molecular flexibility index (Phi) is 3.25. The molecule has 1 rings (SSSR count). The number of hydrazine groups is 1. The number of hydrogen-bond acceptors (Lipinski definition) is 3. The Bertz CT molecular complexity index is 360. The molecular formula is C10H13N3O. The highest BCUT2D eigenvalue weighted by Gasteiger charge is 2.10. The van der Waals surface area contributed by atoms with E-state index in [-0.39, 0.29) is 5.91 Å². The van der Waals surface area contributed by atoms with E-state index < -0.39 is 0 Å². The van der Waals surface area contributed by atoms with Crippen LogP contribution in [0, 0.1) is 0 Å². The van der Waals surface area contributed by atoms with Gasteiger partial charge in [-0.2, -0.15) is 0 Å². The first-order chi connectivity index (χ1) is 6.70. The van der Waals surface area contributed by atoms with Gasteiger partial charge in [-0.15, -0.1) is 0 Å². The summed E-state index contributed by atoms with van der Waals surface area (Å²) in [6.45, 7) is 3.67. The molecule has 0 aliphatic heterocycles. The summed E-state index contributed by atoms with van der Waals surface area (Å²) in [4.78, 5) is 11.2. The van der Waals surface area contributed by atoms with Gasteiger partial charge in [0.05, 0.1) is 0 Å². The Morgan fingerprint density at radius 1 is 1.43 bits per heavy atom. The van der Waals surface area contributed by atoms with Crippen LogP contribution >= 0.6 is 0 Å². The Morgan fingerprint density at radius 2 is 2.07 bits per heavy atom. The lowest BCUT2D eigenvalue weighted by Crippen LogP contribution is -2.30. The first-order valence-electron chi connectivity index (χ1n) is 4.17. The number of carbonyl (C=O) groups excluding carboxylic acids is 1. The number of carbonyl (C=O) groups is 1. The maximum absolute atomic E-state index is 11.2. The number of nitrogens with one attached hydrogen (secondary N) is 2. The number of nitrogens with two attached hydrogens (primary N) is 1. The molecule has 1 amide bonds. The predicted molar refractivity (Wildman–Crippen MR) is 57.4 cm³/mol. The summed E-state index contributed by atoms with van der Waals surface area (Å²) < 4.78 is 0. The second-order valence-corrected chi connectivity index (χ2v) is 2.75. The van der Waals surface area contributed by atoms with Crippen molar-refractivity contribution in [1.82, 2.24) is 5.43 Å². The van der Waals surface area contributed by atoms with Crippen LogP contribution in [0.25, 0.3) is 5.57 Å². The fraction of sp³-hybridized carbons (Fsp3) is 0.100. The summed E-state index contributed by atoms with van der Waals surface area (Å²) in [6.07, 6.45) is 0. The monoisotopic (exact) mass is 191 g/mol. The second-order valence-electron chi connectivity index (χ2n) is 2.75. The van der Waals surface area contributed by atoms with Crippen LogP contribution in [0.2, 0.25) is 0 Å². The van der Waals surface area contributed by atoms with Crippen LogP contribution in [0.4, 0.5) is 5.69 Å². The van der Waals surface area contributed by atoms with Crippen molar-refractivity contribution in [1.29, 1.82) is 0 Å².